The molecule has 0 saturated carbocycles. The van der Waals surface area contributed by atoms with Crippen molar-refractivity contribution in [1.29, 1.82) is 0 Å². The molecule has 1 unspecified atom stereocenters. The number of thiazole rings is 1. The van der Waals surface area contributed by atoms with Crippen molar-refractivity contribution in [3.8, 4) is 0 Å². The van der Waals surface area contributed by atoms with Crippen LogP contribution in [0, 0.1) is 6.92 Å². The lowest BCUT2D eigenvalue weighted by Gasteiger charge is -2.25. The highest BCUT2D eigenvalue weighted by Crippen LogP contribution is 2.37. The van der Waals surface area contributed by atoms with Crippen molar-refractivity contribution in [3.05, 3.63) is 58.2 Å². The van der Waals surface area contributed by atoms with E-state index in [0.717, 1.165) is 53.1 Å². The zero-order chi connectivity index (χ0) is 18.4. The Hall–Kier alpha value is -2.47. The number of pyridine rings is 1. The second-order valence-corrected chi connectivity index (χ2v) is 8.54. The van der Waals surface area contributed by atoms with E-state index in [-0.39, 0.29) is 18.1 Å². The zero-order valence-electron chi connectivity index (χ0n) is 15.3. The van der Waals surface area contributed by atoms with Crippen molar-refractivity contribution < 1.29 is 4.79 Å². The highest BCUT2D eigenvalue weighted by atomic mass is 32.1. The molecule has 5 nitrogen and oxygen atoms in total. The lowest BCUT2D eigenvalue weighted by Crippen LogP contribution is -2.40. The van der Waals surface area contributed by atoms with Gasteiger partial charge in [0.2, 0.25) is 0 Å². The Morgan fingerprint density at radius 2 is 2.19 bits per heavy atom. The molecule has 0 bridgehead atoms. The molecule has 1 aliphatic carbocycles. The van der Waals surface area contributed by atoms with Gasteiger partial charge in [0.05, 0.1) is 16.8 Å². The first-order valence-corrected chi connectivity index (χ1v) is 10.4. The van der Waals surface area contributed by atoms with Crippen LogP contribution < -0.4 is 5.32 Å². The Morgan fingerprint density at radius 1 is 1.30 bits per heavy atom. The molecule has 138 valence electrons. The fourth-order valence-corrected chi connectivity index (χ4v) is 5.46. The van der Waals surface area contributed by atoms with E-state index in [1.165, 1.54) is 11.1 Å². The summed E-state index contributed by atoms with van der Waals surface area (Å²) in [5, 5.41) is 4.27. The number of fused-ring (bicyclic) bond motifs is 2. The van der Waals surface area contributed by atoms with E-state index in [9.17, 15) is 4.79 Å². The van der Waals surface area contributed by atoms with Crippen LogP contribution in [0.3, 0.4) is 0 Å². The number of aryl methyl sites for hydroxylation is 2. The Morgan fingerprint density at radius 3 is 3.11 bits per heavy atom. The van der Waals surface area contributed by atoms with E-state index in [1.807, 2.05) is 18.0 Å². The Bertz CT molecular complexity index is 1010. The number of hydrogen-bond donors (Lipinski definition) is 1. The maximum atomic E-state index is 13.0. The van der Waals surface area contributed by atoms with Gasteiger partial charge in [0.25, 0.3) is 0 Å². The van der Waals surface area contributed by atoms with E-state index in [0.29, 0.717) is 0 Å². The molecule has 2 amide bonds. The number of nitrogens with zero attached hydrogens (tertiary/aromatic N) is 3. The normalized spacial score (nSPS) is 21.6. The zero-order valence-corrected chi connectivity index (χ0v) is 16.1. The first-order valence-electron chi connectivity index (χ1n) is 9.57. The summed E-state index contributed by atoms with van der Waals surface area (Å²) in [5.74, 6) is 0. The second kappa shape index (κ2) is 6.60. The van der Waals surface area contributed by atoms with Crippen LogP contribution >= 0.6 is 11.3 Å². The molecule has 2 atom stereocenters. The Labute approximate surface area is 162 Å². The Kier molecular flexibility index (Phi) is 4.08. The number of hydrogen-bond acceptors (Lipinski definition) is 4. The monoisotopic (exact) mass is 378 g/mol. The maximum absolute atomic E-state index is 13.0. The van der Waals surface area contributed by atoms with Gasteiger partial charge in [-0.2, -0.15) is 0 Å². The van der Waals surface area contributed by atoms with Crippen LogP contribution in [-0.2, 0) is 6.42 Å². The molecule has 3 heterocycles. The summed E-state index contributed by atoms with van der Waals surface area (Å²) in [5.41, 5.74) is 4.55. The van der Waals surface area contributed by atoms with Crippen LogP contribution in [-0.4, -0.2) is 27.4 Å². The number of aromatic nitrogens is 2. The van der Waals surface area contributed by atoms with Crippen molar-refractivity contribution in [3.63, 3.8) is 0 Å². The van der Waals surface area contributed by atoms with Gasteiger partial charge in [0.1, 0.15) is 5.01 Å². The third kappa shape index (κ3) is 2.98. The van der Waals surface area contributed by atoms with Crippen molar-refractivity contribution in [2.24, 2.45) is 0 Å². The number of benzene rings is 1. The van der Waals surface area contributed by atoms with Crippen molar-refractivity contribution >= 4 is 27.7 Å². The molecular formula is C21H22N4OS. The van der Waals surface area contributed by atoms with Crippen LogP contribution in [0.1, 0.15) is 53.0 Å². The first kappa shape index (κ1) is 16.7. The Balaban J connectivity index is 1.37. The molecule has 6 heteroatoms. The number of amides is 2. The summed E-state index contributed by atoms with van der Waals surface area (Å²) in [6.07, 6.45) is 5.85. The average Bonchev–Trinajstić information content (AvgIpc) is 3.39. The minimum Gasteiger partial charge on any atom is -0.331 e. The highest BCUT2D eigenvalue weighted by Gasteiger charge is 2.34. The van der Waals surface area contributed by atoms with Crippen LogP contribution in [0.25, 0.3) is 10.3 Å². The smallest absolute Gasteiger partial charge is 0.318 e. The van der Waals surface area contributed by atoms with E-state index in [2.05, 4.69) is 40.6 Å². The van der Waals surface area contributed by atoms with Crippen LogP contribution in [0.2, 0.25) is 0 Å². The molecule has 27 heavy (non-hydrogen) atoms. The summed E-state index contributed by atoms with van der Waals surface area (Å²) in [6.45, 7) is 2.83. The number of carbonyl (C=O) groups is 1. The number of carbonyl (C=O) groups excluding carboxylic acids is 1. The van der Waals surface area contributed by atoms with Crippen molar-refractivity contribution in [2.45, 2.75) is 44.7 Å². The van der Waals surface area contributed by atoms with Crippen LogP contribution in [0.5, 0.6) is 0 Å². The van der Waals surface area contributed by atoms with Gasteiger partial charge in [-0.05, 0) is 55.4 Å². The fourth-order valence-electron chi connectivity index (χ4n) is 4.28. The third-order valence-electron chi connectivity index (χ3n) is 5.63. The molecule has 1 N–H and O–H groups in total. The van der Waals surface area contributed by atoms with Crippen LogP contribution in [0.4, 0.5) is 4.79 Å². The van der Waals surface area contributed by atoms with Gasteiger partial charge in [-0.15, -0.1) is 11.3 Å². The van der Waals surface area contributed by atoms with Gasteiger partial charge in [-0.25, -0.2) is 14.8 Å². The molecule has 0 spiro atoms. The lowest BCUT2D eigenvalue weighted by atomic mass is 10.1. The molecule has 0 radical (unpaired) electrons. The molecule has 5 rings (SSSR count). The summed E-state index contributed by atoms with van der Waals surface area (Å²) >= 11 is 1.67. The topological polar surface area (TPSA) is 58.1 Å². The predicted octanol–water partition coefficient (Wildman–Crippen LogP) is 4.53. The molecule has 3 aromatic rings. The summed E-state index contributed by atoms with van der Waals surface area (Å²) in [6, 6.07) is 10.8. The number of nitrogens with one attached hydrogen (secondary N) is 1. The quantitative estimate of drug-likeness (QED) is 0.712. The predicted molar refractivity (Wildman–Crippen MR) is 107 cm³/mol. The second-order valence-electron chi connectivity index (χ2n) is 7.48. The minimum absolute atomic E-state index is 0.0302. The largest absolute Gasteiger partial charge is 0.331 e. The first-order chi connectivity index (χ1) is 13.2. The van der Waals surface area contributed by atoms with Gasteiger partial charge in [-0.3, -0.25) is 0 Å². The van der Waals surface area contributed by atoms with Gasteiger partial charge in [0, 0.05) is 12.7 Å². The minimum atomic E-state index is 0.0302. The summed E-state index contributed by atoms with van der Waals surface area (Å²) in [4.78, 5) is 24.2. The molecule has 1 aliphatic heterocycles. The summed E-state index contributed by atoms with van der Waals surface area (Å²) < 4.78 is 1.10. The average molecular weight is 379 g/mol. The van der Waals surface area contributed by atoms with Crippen LogP contribution in [0.15, 0.2) is 36.5 Å². The van der Waals surface area contributed by atoms with E-state index in [1.54, 1.807) is 11.3 Å². The number of likely N-dealkylation sites (tertiary alicyclic amines) is 1. The highest BCUT2D eigenvalue weighted by molar-refractivity contribution is 7.18. The molecule has 1 saturated heterocycles. The summed E-state index contributed by atoms with van der Waals surface area (Å²) in [7, 11) is 0. The van der Waals surface area contributed by atoms with E-state index in [4.69, 9.17) is 4.98 Å². The number of rotatable bonds is 2. The standard InChI is InChI=1S/C21H22N4OS/c1-13-11-18-19(22-12-13)24-20(27-18)17-7-4-10-25(17)21(26)23-16-9-8-14-5-2-3-6-15(14)16/h2-3,5-6,11-12,16-17H,4,7-10H2,1H3,(H,23,26)/t16-,17?/m1/s1. The molecule has 1 fully saturated rings. The van der Waals surface area contributed by atoms with E-state index < -0.39 is 0 Å². The lowest BCUT2D eigenvalue weighted by molar-refractivity contribution is 0.189. The van der Waals surface area contributed by atoms with Gasteiger partial charge in [0.15, 0.2) is 5.65 Å². The van der Waals surface area contributed by atoms with E-state index >= 15 is 0 Å². The molecule has 2 aliphatic rings. The SMILES string of the molecule is Cc1cnc2nc(C3CCCN3C(=O)N[C@@H]3CCc4ccccc43)sc2c1. The fraction of sp³-hybridized carbons (Fsp3) is 0.381. The number of urea groups is 1. The molecular weight excluding hydrogens is 356 g/mol. The third-order valence-corrected chi connectivity index (χ3v) is 6.72. The molecule has 1 aromatic carbocycles. The molecule has 2 aromatic heterocycles. The van der Waals surface area contributed by atoms with Gasteiger partial charge >= 0.3 is 6.03 Å². The van der Waals surface area contributed by atoms with Crippen molar-refractivity contribution in [1.82, 2.24) is 20.2 Å². The van der Waals surface area contributed by atoms with Crippen molar-refractivity contribution in [2.75, 3.05) is 6.54 Å². The van der Waals surface area contributed by atoms with Gasteiger partial charge < -0.3 is 10.2 Å². The maximum Gasteiger partial charge on any atom is 0.318 e. The van der Waals surface area contributed by atoms with Gasteiger partial charge in [-0.1, -0.05) is 24.3 Å².